The highest BCUT2D eigenvalue weighted by atomic mass is 16.2. The lowest BCUT2D eigenvalue weighted by Crippen LogP contribution is -2.43. The van der Waals surface area contributed by atoms with Crippen LogP contribution in [0.25, 0.3) is 0 Å². The Kier molecular flexibility index (Phi) is 5.34. The summed E-state index contributed by atoms with van der Waals surface area (Å²) in [5, 5.41) is 4.10. The summed E-state index contributed by atoms with van der Waals surface area (Å²) in [7, 11) is 1.87. The number of amides is 1. The fourth-order valence-corrected chi connectivity index (χ4v) is 1.96. The second kappa shape index (κ2) is 6.54. The van der Waals surface area contributed by atoms with Crippen molar-refractivity contribution in [1.29, 1.82) is 0 Å². The molecule has 5 heteroatoms. The minimum Gasteiger partial charge on any atom is -0.337 e. The van der Waals surface area contributed by atoms with E-state index in [0.29, 0.717) is 19.0 Å². The summed E-state index contributed by atoms with van der Waals surface area (Å²) >= 11 is 0. The van der Waals surface area contributed by atoms with E-state index in [9.17, 15) is 4.79 Å². The first-order valence-electron chi connectivity index (χ1n) is 6.46. The Labute approximate surface area is 109 Å². The van der Waals surface area contributed by atoms with Crippen molar-refractivity contribution in [2.45, 2.75) is 39.8 Å². The van der Waals surface area contributed by atoms with E-state index in [0.717, 1.165) is 12.0 Å². The van der Waals surface area contributed by atoms with E-state index in [-0.39, 0.29) is 5.91 Å². The molecule has 0 spiro atoms. The van der Waals surface area contributed by atoms with E-state index in [1.165, 1.54) is 0 Å². The predicted molar refractivity (Wildman–Crippen MR) is 71.7 cm³/mol. The molecule has 0 unspecified atom stereocenters. The minimum atomic E-state index is -0.401. The van der Waals surface area contributed by atoms with E-state index in [4.69, 9.17) is 5.73 Å². The smallest absolute Gasteiger partial charge is 0.239 e. The Balaban J connectivity index is 2.62. The molecule has 0 bridgehead atoms. The van der Waals surface area contributed by atoms with Crippen molar-refractivity contribution < 1.29 is 4.79 Å². The van der Waals surface area contributed by atoms with Gasteiger partial charge in [-0.15, -0.1) is 0 Å². The van der Waals surface area contributed by atoms with Crippen LogP contribution in [0, 0.1) is 5.92 Å². The molecule has 5 nitrogen and oxygen atoms in total. The van der Waals surface area contributed by atoms with Gasteiger partial charge < -0.3 is 10.6 Å². The maximum Gasteiger partial charge on any atom is 0.239 e. The average molecular weight is 252 g/mol. The Bertz CT molecular complexity index is 386. The van der Waals surface area contributed by atoms with E-state index >= 15 is 0 Å². The van der Waals surface area contributed by atoms with Gasteiger partial charge >= 0.3 is 0 Å². The number of hydrogen-bond acceptors (Lipinski definition) is 3. The number of hydrogen-bond donors (Lipinski definition) is 1. The van der Waals surface area contributed by atoms with Crippen LogP contribution < -0.4 is 5.73 Å². The Morgan fingerprint density at radius 3 is 2.67 bits per heavy atom. The second-order valence-electron chi connectivity index (χ2n) is 5.11. The Morgan fingerprint density at radius 2 is 2.22 bits per heavy atom. The maximum atomic E-state index is 12.2. The van der Waals surface area contributed by atoms with Crippen LogP contribution in [-0.4, -0.2) is 33.2 Å². The summed E-state index contributed by atoms with van der Waals surface area (Å²) in [6, 6.07) is -0.401. The first kappa shape index (κ1) is 14.7. The monoisotopic (exact) mass is 252 g/mol. The lowest BCUT2D eigenvalue weighted by Gasteiger charge is -2.24. The number of aryl methyl sites for hydroxylation is 1. The molecule has 1 aromatic rings. The molecule has 0 aliphatic heterocycles. The van der Waals surface area contributed by atoms with Crippen molar-refractivity contribution in [3.8, 4) is 0 Å². The van der Waals surface area contributed by atoms with Crippen LogP contribution in [0.3, 0.4) is 0 Å². The zero-order valence-electron chi connectivity index (χ0n) is 11.8. The van der Waals surface area contributed by atoms with Crippen molar-refractivity contribution in [2.75, 3.05) is 6.54 Å². The molecule has 1 heterocycles. The van der Waals surface area contributed by atoms with Gasteiger partial charge in [0.25, 0.3) is 0 Å². The molecule has 0 saturated carbocycles. The van der Waals surface area contributed by atoms with Crippen LogP contribution in [0.15, 0.2) is 12.4 Å². The fraction of sp³-hybridized carbons (Fsp3) is 0.692. The van der Waals surface area contributed by atoms with Gasteiger partial charge in [-0.05, 0) is 19.3 Å². The minimum absolute atomic E-state index is 0.0232. The number of likely N-dealkylation sites (N-methyl/N-ethyl adjacent to an activating group) is 1. The summed E-state index contributed by atoms with van der Waals surface area (Å²) in [5.74, 6) is 0.455. The zero-order chi connectivity index (χ0) is 13.7. The van der Waals surface area contributed by atoms with Crippen LogP contribution in [0.4, 0.5) is 0 Å². The van der Waals surface area contributed by atoms with E-state index in [2.05, 4.69) is 18.9 Å². The number of carbonyl (C=O) groups is 1. The fourth-order valence-electron chi connectivity index (χ4n) is 1.96. The topological polar surface area (TPSA) is 64.2 Å². The molecule has 2 N–H and O–H groups in total. The van der Waals surface area contributed by atoms with Gasteiger partial charge in [0.05, 0.1) is 12.2 Å². The zero-order valence-corrected chi connectivity index (χ0v) is 11.8. The first-order chi connectivity index (χ1) is 8.43. The molecule has 0 aliphatic rings. The number of nitrogens with zero attached hydrogens (tertiary/aromatic N) is 3. The maximum absolute atomic E-state index is 12.2. The molecular weight excluding hydrogens is 228 g/mol. The SMILES string of the molecule is CCN(Cc1cnn(C)c1)C(=O)[C@@H](N)CC(C)C. The molecule has 1 rings (SSSR count). The van der Waals surface area contributed by atoms with Gasteiger partial charge in [0.15, 0.2) is 0 Å². The van der Waals surface area contributed by atoms with Crippen LogP contribution in [0.1, 0.15) is 32.8 Å². The van der Waals surface area contributed by atoms with Gasteiger partial charge in [-0.25, -0.2) is 0 Å². The van der Waals surface area contributed by atoms with E-state index in [1.807, 2.05) is 20.2 Å². The third kappa shape index (κ3) is 4.14. The molecule has 1 atom stereocenters. The average Bonchev–Trinajstić information content (AvgIpc) is 2.70. The molecule has 1 aromatic heterocycles. The number of rotatable bonds is 6. The van der Waals surface area contributed by atoms with E-state index < -0.39 is 6.04 Å². The highest BCUT2D eigenvalue weighted by Gasteiger charge is 2.21. The van der Waals surface area contributed by atoms with Gasteiger partial charge in [-0.1, -0.05) is 13.8 Å². The lowest BCUT2D eigenvalue weighted by atomic mass is 10.0. The van der Waals surface area contributed by atoms with Crippen molar-refractivity contribution in [1.82, 2.24) is 14.7 Å². The highest BCUT2D eigenvalue weighted by molar-refractivity contribution is 5.81. The van der Waals surface area contributed by atoms with Crippen LogP contribution in [0.2, 0.25) is 0 Å². The molecule has 0 aliphatic carbocycles. The number of nitrogens with two attached hydrogens (primary N) is 1. The number of carbonyl (C=O) groups excluding carboxylic acids is 1. The molecule has 0 aromatic carbocycles. The van der Waals surface area contributed by atoms with Gasteiger partial charge in [0.1, 0.15) is 0 Å². The molecule has 1 amide bonds. The second-order valence-corrected chi connectivity index (χ2v) is 5.11. The van der Waals surface area contributed by atoms with Gasteiger partial charge in [0, 0.05) is 31.9 Å². The molecular formula is C13H24N4O. The summed E-state index contributed by atoms with van der Waals surface area (Å²) in [6.45, 7) is 7.36. The van der Waals surface area contributed by atoms with Crippen molar-refractivity contribution in [3.63, 3.8) is 0 Å². The lowest BCUT2D eigenvalue weighted by molar-refractivity contribution is -0.133. The van der Waals surface area contributed by atoms with Gasteiger partial charge in [-0.2, -0.15) is 5.10 Å². The molecule has 0 radical (unpaired) electrons. The molecule has 0 fully saturated rings. The Morgan fingerprint density at radius 1 is 1.56 bits per heavy atom. The van der Waals surface area contributed by atoms with Crippen molar-refractivity contribution in [3.05, 3.63) is 18.0 Å². The molecule has 18 heavy (non-hydrogen) atoms. The normalized spacial score (nSPS) is 12.8. The Hall–Kier alpha value is -1.36. The van der Waals surface area contributed by atoms with Crippen molar-refractivity contribution in [2.24, 2.45) is 18.7 Å². The first-order valence-corrected chi connectivity index (χ1v) is 6.46. The summed E-state index contributed by atoms with van der Waals surface area (Å²) in [4.78, 5) is 14.0. The molecule has 102 valence electrons. The standard InChI is InChI=1S/C13H24N4O/c1-5-17(9-11-7-15-16(4)8-11)13(18)12(14)6-10(2)3/h7-8,10,12H,5-6,9,14H2,1-4H3/t12-/m0/s1. The van der Waals surface area contributed by atoms with Crippen molar-refractivity contribution >= 4 is 5.91 Å². The third-order valence-electron chi connectivity index (χ3n) is 2.87. The molecule has 0 saturated heterocycles. The summed E-state index contributed by atoms with van der Waals surface area (Å²) < 4.78 is 1.74. The van der Waals surface area contributed by atoms with Crippen LogP contribution in [-0.2, 0) is 18.4 Å². The third-order valence-corrected chi connectivity index (χ3v) is 2.87. The summed E-state index contributed by atoms with van der Waals surface area (Å²) in [6.07, 6.45) is 4.43. The van der Waals surface area contributed by atoms with Crippen LogP contribution >= 0.6 is 0 Å². The predicted octanol–water partition coefficient (Wildman–Crippen LogP) is 1.14. The largest absolute Gasteiger partial charge is 0.337 e. The van der Waals surface area contributed by atoms with Crippen LogP contribution in [0.5, 0.6) is 0 Å². The van der Waals surface area contributed by atoms with Gasteiger partial charge in [-0.3, -0.25) is 9.48 Å². The summed E-state index contributed by atoms with van der Waals surface area (Å²) in [5.41, 5.74) is 6.97. The van der Waals surface area contributed by atoms with Gasteiger partial charge in [0.2, 0.25) is 5.91 Å². The number of aromatic nitrogens is 2. The highest BCUT2D eigenvalue weighted by Crippen LogP contribution is 2.09. The quantitative estimate of drug-likeness (QED) is 0.826. The van der Waals surface area contributed by atoms with E-state index in [1.54, 1.807) is 15.8 Å².